The van der Waals surface area contributed by atoms with Gasteiger partial charge in [-0.3, -0.25) is 14.5 Å². The van der Waals surface area contributed by atoms with Crippen LogP contribution < -0.4 is 10.6 Å². The molecule has 1 saturated heterocycles. The van der Waals surface area contributed by atoms with Gasteiger partial charge in [0.05, 0.1) is 11.3 Å². The zero-order valence-corrected chi connectivity index (χ0v) is 18.8. The van der Waals surface area contributed by atoms with E-state index in [0.717, 1.165) is 38.0 Å². The minimum absolute atomic E-state index is 0.0275. The first kappa shape index (κ1) is 22.6. The van der Waals surface area contributed by atoms with Crippen molar-refractivity contribution in [1.82, 2.24) is 10.2 Å². The van der Waals surface area contributed by atoms with Gasteiger partial charge in [0.1, 0.15) is 0 Å². The number of carbonyl (C=O) groups is 2. The molecule has 0 bridgehead atoms. The van der Waals surface area contributed by atoms with Gasteiger partial charge in [-0.1, -0.05) is 41.4 Å². The van der Waals surface area contributed by atoms with Crippen LogP contribution in [0.15, 0.2) is 42.5 Å². The zero-order valence-electron chi connectivity index (χ0n) is 17.3. The van der Waals surface area contributed by atoms with E-state index in [1.165, 1.54) is 0 Å². The summed E-state index contributed by atoms with van der Waals surface area (Å²) in [5, 5.41) is 7.13. The molecule has 3 rings (SSSR count). The maximum Gasteiger partial charge on any atom is 0.253 e. The van der Waals surface area contributed by atoms with E-state index < -0.39 is 0 Å². The van der Waals surface area contributed by atoms with Crippen molar-refractivity contribution < 1.29 is 9.59 Å². The largest absolute Gasteiger partial charge is 0.350 e. The van der Waals surface area contributed by atoms with Crippen molar-refractivity contribution >= 4 is 40.7 Å². The predicted molar refractivity (Wildman–Crippen MR) is 122 cm³/mol. The smallest absolute Gasteiger partial charge is 0.253 e. The number of nitrogens with one attached hydrogen (secondary N) is 2. The van der Waals surface area contributed by atoms with Crippen LogP contribution in [0.1, 0.15) is 42.6 Å². The van der Waals surface area contributed by atoms with Gasteiger partial charge in [0.25, 0.3) is 5.91 Å². The van der Waals surface area contributed by atoms with Crippen molar-refractivity contribution in [3.8, 4) is 0 Å². The second kappa shape index (κ2) is 10.3. The molecule has 0 radical (unpaired) electrons. The topological polar surface area (TPSA) is 61.4 Å². The Morgan fingerprint density at radius 3 is 2.47 bits per heavy atom. The molecule has 0 aromatic heterocycles. The third-order valence-electron chi connectivity index (χ3n) is 5.22. The Balaban J connectivity index is 1.56. The van der Waals surface area contributed by atoms with Crippen molar-refractivity contribution in [2.45, 2.75) is 39.3 Å². The van der Waals surface area contributed by atoms with Crippen LogP contribution in [0, 0.1) is 5.92 Å². The van der Waals surface area contributed by atoms with Gasteiger partial charge in [-0.05, 0) is 69.6 Å². The fourth-order valence-corrected chi connectivity index (χ4v) is 4.08. The molecule has 2 aromatic rings. The predicted octanol–water partition coefficient (Wildman–Crippen LogP) is 4.98. The maximum absolute atomic E-state index is 12.8. The summed E-state index contributed by atoms with van der Waals surface area (Å²) in [5.74, 6) is -0.303. The standard InChI is InChI=1S/C23H27Cl2N3O2/c1-15(2)26-23(30)19-5-3-4-6-21(19)27-22(29)16-9-11-28(12-10-16)14-17-7-8-18(24)13-20(17)25/h3-8,13,15-16H,9-12,14H2,1-2H3,(H,26,30)(H,27,29). The fourth-order valence-electron chi connectivity index (χ4n) is 3.61. The minimum Gasteiger partial charge on any atom is -0.350 e. The fraction of sp³-hybridized carbons (Fsp3) is 0.391. The first-order valence-corrected chi connectivity index (χ1v) is 11.0. The highest BCUT2D eigenvalue weighted by molar-refractivity contribution is 6.35. The van der Waals surface area contributed by atoms with Crippen LogP contribution >= 0.6 is 23.2 Å². The normalized spacial score (nSPS) is 15.2. The summed E-state index contributed by atoms with van der Waals surface area (Å²) >= 11 is 12.2. The first-order valence-electron chi connectivity index (χ1n) is 10.2. The number of halogens is 2. The summed E-state index contributed by atoms with van der Waals surface area (Å²) in [4.78, 5) is 27.5. The van der Waals surface area contributed by atoms with Gasteiger partial charge >= 0.3 is 0 Å². The highest BCUT2D eigenvalue weighted by atomic mass is 35.5. The molecule has 0 atom stereocenters. The molecule has 1 aliphatic rings. The number of hydrogen-bond donors (Lipinski definition) is 2. The molecule has 0 aliphatic carbocycles. The van der Waals surface area contributed by atoms with E-state index in [1.807, 2.05) is 32.0 Å². The van der Waals surface area contributed by atoms with Crippen LogP contribution in [0.4, 0.5) is 5.69 Å². The highest BCUT2D eigenvalue weighted by Gasteiger charge is 2.26. The van der Waals surface area contributed by atoms with Crippen molar-refractivity contribution in [2.24, 2.45) is 5.92 Å². The molecule has 0 spiro atoms. The summed E-state index contributed by atoms with van der Waals surface area (Å²) in [7, 11) is 0. The molecule has 7 heteroatoms. The van der Waals surface area contributed by atoms with Crippen LogP contribution in [0.5, 0.6) is 0 Å². The number of benzene rings is 2. The number of hydrogen-bond acceptors (Lipinski definition) is 3. The minimum atomic E-state index is -0.185. The molecule has 2 N–H and O–H groups in total. The van der Waals surface area contributed by atoms with Crippen LogP contribution in [-0.4, -0.2) is 35.8 Å². The molecule has 5 nitrogen and oxygen atoms in total. The van der Waals surface area contributed by atoms with E-state index in [9.17, 15) is 9.59 Å². The van der Waals surface area contributed by atoms with Gasteiger partial charge in [0, 0.05) is 28.5 Å². The maximum atomic E-state index is 12.8. The molecule has 0 saturated carbocycles. The van der Waals surface area contributed by atoms with Crippen molar-refractivity contribution in [1.29, 1.82) is 0 Å². The lowest BCUT2D eigenvalue weighted by atomic mass is 9.95. The Kier molecular flexibility index (Phi) is 7.75. The third-order valence-corrected chi connectivity index (χ3v) is 5.80. The molecule has 30 heavy (non-hydrogen) atoms. The van der Waals surface area contributed by atoms with Crippen molar-refractivity contribution in [3.63, 3.8) is 0 Å². The molecule has 1 aliphatic heterocycles. The zero-order chi connectivity index (χ0) is 21.7. The van der Waals surface area contributed by atoms with E-state index >= 15 is 0 Å². The molecular formula is C23H27Cl2N3O2. The Bertz CT molecular complexity index is 909. The van der Waals surface area contributed by atoms with Gasteiger partial charge in [-0.2, -0.15) is 0 Å². The number of para-hydroxylation sites is 1. The lowest BCUT2D eigenvalue weighted by Gasteiger charge is -2.31. The third kappa shape index (κ3) is 5.97. The molecule has 160 valence electrons. The molecule has 1 heterocycles. The summed E-state index contributed by atoms with van der Waals surface area (Å²) in [6.07, 6.45) is 1.52. The summed E-state index contributed by atoms with van der Waals surface area (Å²) in [6, 6.07) is 12.7. The molecule has 1 fully saturated rings. The summed E-state index contributed by atoms with van der Waals surface area (Å²) in [5.41, 5.74) is 2.07. The summed E-state index contributed by atoms with van der Waals surface area (Å²) < 4.78 is 0. The van der Waals surface area contributed by atoms with Crippen molar-refractivity contribution in [3.05, 3.63) is 63.6 Å². The van der Waals surface area contributed by atoms with Crippen LogP contribution in [0.2, 0.25) is 10.0 Å². The SMILES string of the molecule is CC(C)NC(=O)c1ccccc1NC(=O)C1CCN(Cc2ccc(Cl)cc2Cl)CC1. The van der Waals surface area contributed by atoms with Crippen LogP contribution in [-0.2, 0) is 11.3 Å². The second-order valence-corrected chi connectivity index (χ2v) is 8.79. The molecule has 2 aromatic carbocycles. The number of amides is 2. The van der Waals surface area contributed by atoms with E-state index in [4.69, 9.17) is 23.2 Å². The molecular weight excluding hydrogens is 421 g/mol. The lowest BCUT2D eigenvalue weighted by Crippen LogP contribution is -2.38. The Labute approximate surface area is 187 Å². The average molecular weight is 448 g/mol. The monoisotopic (exact) mass is 447 g/mol. The number of piperidine rings is 1. The molecule has 2 amide bonds. The van der Waals surface area contributed by atoms with E-state index in [-0.39, 0.29) is 23.8 Å². The van der Waals surface area contributed by atoms with E-state index in [0.29, 0.717) is 21.3 Å². The number of anilines is 1. The van der Waals surface area contributed by atoms with Crippen LogP contribution in [0.3, 0.4) is 0 Å². The van der Waals surface area contributed by atoms with E-state index in [2.05, 4.69) is 15.5 Å². The number of carbonyl (C=O) groups excluding carboxylic acids is 2. The Hall–Kier alpha value is -2.08. The lowest BCUT2D eigenvalue weighted by molar-refractivity contribution is -0.121. The Morgan fingerprint density at radius 2 is 1.80 bits per heavy atom. The van der Waals surface area contributed by atoms with E-state index in [1.54, 1.807) is 24.3 Å². The number of rotatable bonds is 6. The quantitative estimate of drug-likeness (QED) is 0.655. The van der Waals surface area contributed by atoms with Gasteiger partial charge in [-0.15, -0.1) is 0 Å². The Morgan fingerprint density at radius 1 is 1.10 bits per heavy atom. The van der Waals surface area contributed by atoms with Gasteiger partial charge in [0.15, 0.2) is 0 Å². The average Bonchev–Trinajstić information content (AvgIpc) is 2.70. The van der Waals surface area contributed by atoms with Gasteiger partial charge < -0.3 is 10.6 Å². The first-order chi connectivity index (χ1) is 14.3. The second-order valence-electron chi connectivity index (χ2n) is 7.95. The molecule has 0 unspecified atom stereocenters. The number of nitrogens with zero attached hydrogens (tertiary/aromatic N) is 1. The highest BCUT2D eigenvalue weighted by Crippen LogP contribution is 2.26. The van der Waals surface area contributed by atoms with Gasteiger partial charge in [-0.25, -0.2) is 0 Å². The van der Waals surface area contributed by atoms with Gasteiger partial charge in [0.2, 0.25) is 5.91 Å². The van der Waals surface area contributed by atoms with Crippen molar-refractivity contribution in [2.75, 3.05) is 18.4 Å². The summed E-state index contributed by atoms with van der Waals surface area (Å²) in [6.45, 7) is 6.18. The number of likely N-dealkylation sites (tertiary alicyclic amines) is 1. The van der Waals surface area contributed by atoms with Crippen LogP contribution in [0.25, 0.3) is 0 Å².